The molecule has 0 saturated heterocycles. The van der Waals surface area contributed by atoms with Crippen LogP contribution in [0, 0.1) is 6.92 Å². The topological polar surface area (TPSA) is 46.2 Å². The van der Waals surface area contributed by atoms with Crippen LogP contribution in [-0.4, -0.2) is 23.0 Å². The van der Waals surface area contributed by atoms with E-state index in [2.05, 4.69) is 31.2 Å². The second-order valence-electron chi connectivity index (χ2n) is 4.43. The summed E-state index contributed by atoms with van der Waals surface area (Å²) in [5, 5.41) is 9.74. The van der Waals surface area contributed by atoms with E-state index >= 15 is 0 Å². The zero-order valence-corrected chi connectivity index (χ0v) is 10.9. The lowest BCUT2D eigenvalue weighted by molar-refractivity contribution is 0.0665. The third-order valence-corrected chi connectivity index (χ3v) is 3.75. The van der Waals surface area contributed by atoms with Gasteiger partial charge >= 0.3 is 0 Å². The van der Waals surface area contributed by atoms with Gasteiger partial charge in [-0.15, -0.1) is 0 Å². The van der Waals surface area contributed by atoms with Crippen molar-refractivity contribution in [3.05, 3.63) is 35.4 Å². The second-order valence-corrected chi connectivity index (χ2v) is 5.54. The lowest BCUT2D eigenvalue weighted by Gasteiger charge is -2.20. The Balaban J connectivity index is 2.29. The molecule has 0 aliphatic carbocycles. The van der Waals surface area contributed by atoms with E-state index in [0.29, 0.717) is 6.54 Å². The van der Waals surface area contributed by atoms with Crippen LogP contribution in [0.2, 0.25) is 0 Å². The first kappa shape index (κ1) is 13.6. The summed E-state index contributed by atoms with van der Waals surface area (Å²) >= 11 is 1.85. The van der Waals surface area contributed by atoms with Crippen molar-refractivity contribution in [2.45, 2.75) is 31.6 Å². The van der Waals surface area contributed by atoms with Gasteiger partial charge in [-0.2, -0.15) is 11.8 Å². The molecular formula is C13H21NOS. The first-order valence-corrected chi connectivity index (χ1v) is 6.75. The van der Waals surface area contributed by atoms with Crippen molar-refractivity contribution < 1.29 is 5.11 Å². The van der Waals surface area contributed by atoms with Gasteiger partial charge in [-0.25, -0.2) is 0 Å². The maximum atomic E-state index is 9.74. The summed E-state index contributed by atoms with van der Waals surface area (Å²) in [5.74, 6) is 1.95. The Hall–Kier alpha value is -0.510. The Morgan fingerprint density at radius 3 is 2.69 bits per heavy atom. The van der Waals surface area contributed by atoms with E-state index in [4.69, 9.17) is 5.73 Å². The third kappa shape index (κ3) is 4.56. The van der Waals surface area contributed by atoms with Crippen molar-refractivity contribution in [3.8, 4) is 0 Å². The molecule has 2 nitrogen and oxygen atoms in total. The molecule has 90 valence electrons. The normalized spacial score (nSPS) is 14.8. The maximum Gasteiger partial charge on any atom is 0.0749 e. The molecule has 1 rings (SSSR count). The van der Waals surface area contributed by atoms with E-state index in [9.17, 15) is 5.11 Å². The summed E-state index contributed by atoms with van der Waals surface area (Å²) in [5.41, 5.74) is 7.46. The van der Waals surface area contributed by atoms with E-state index < -0.39 is 5.60 Å². The fourth-order valence-corrected chi connectivity index (χ4v) is 2.62. The minimum absolute atomic E-state index is 0.331. The molecule has 0 radical (unpaired) electrons. The number of aliphatic hydroxyl groups is 1. The van der Waals surface area contributed by atoms with Crippen molar-refractivity contribution in [1.82, 2.24) is 0 Å². The zero-order valence-electron chi connectivity index (χ0n) is 10.1. The molecule has 1 aromatic rings. The van der Waals surface area contributed by atoms with E-state index in [0.717, 1.165) is 17.9 Å². The van der Waals surface area contributed by atoms with Crippen LogP contribution < -0.4 is 5.73 Å². The van der Waals surface area contributed by atoms with Gasteiger partial charge in [0.25, 0.3) is 0 Å². The van der Waals surface area contributed by atoms with Crippen LogP contribution in [-0.2, 0) is 5.75 Å². The fourth-order valence-electron chi connectivity index (χ4n) is 1.35. The number of rotatable bonds is 6. The van der Waals surface area contributed by atoms with Crippen molar-refractivity contribution in [1.29, 1.82) is 0 Å². The lowest BCUT2D eigenvalue weighted by Crippen LogP contribution is -2.34. The predicted octanol–water partition coefficient (Wildman–Crippen LogP) is 2.33. The molecule has 3 N–H and O–H groups in total. The lowest BCUT2D eigenvalue weighted by atomic mass is 10.1. The monoisotopic (exact) mass is 239 g/mol. The minimum Gasteiger partial charge on any atom is -0.389 e. The van der Waals surface area contributed by atoms with Crippen molar-refractivity contribution >= 4 is 11.8 Å². The summed E-state index contributed by atoms with van der Waals surface area (Å²) in [6, 6.07) is 8.41. The molecule has 0 fully saturated rings. The summed E-state index contributed by atoms with van der Waals surface area (Å²) in [6.07, 6.45) is 0.750. The quantitative estimate of drug-likeness (QED) is 0.749. The first-order chi connectivity index (χ1) is 7.55. The standard InChI is InChI=1S/C13H21NOS/c1-11-5-3-4-6-12(11)9-16-8-7-13(2,15)10-14/h3-6,15H,7-10,14H2,1-2H3. The van der Waals surface area contributed by atoms with Crippen LogP contribution in [0.25, 0.3) is 0 Å². The molecule has 0 saturated carbocycles. The highest BCUT2D eigenvalue weighted by Crippen LogP contribution is 2.19. The van der Waals surface area contributed by atoms with Gasteiger partial charge in [0, 0.05) is 12.3 Å². The van der Waals surface area contributed by atoms with Gasteiger partial charge < -0.3 is 10.8 Å². The molecule has 0 bridgehead atoms. The molecule has 0 amide bonds. The molecule has 0 spiro atoms. The molecule has 0 aromatic heterocycles. The molecule has 0 aliphatic heterocycles. The Labute approximate surface area is 102 Å². The summed E-state index contributed by atoms with van der Waals surface area (Å²) in [6.45, 7) is 4.26. The molecule has 1 aromatic carbocycles. The largest absolute Gasteiger partial charge is 0.389 e. The number of benzene rings is 1. The summed E-state index contributed by atoms with van der Waals surface area (Å²) < 4.78 is 0. The number of nitrogens with two attached hydrogens (primary N) is 1. The van der Waals surface area contributed by atoms with Gasteiger partial charge in [0.1, 0.15) is 0 Å². The van der Waals surface area contributed by atoms with Crippen LogP contribution >= 0.6 is 11.8 Å². The highest BCUT2D eigenvalue weighted by molar-refractivity contribution is 7.98. The predicted molar refractivity (Wildman–Crippen MR) is 71.6 cm³/mol. The molecule has 16 heavy (non-hydrogen) atoms. The SMILES string of the molecule is Cc1ccccc1CSCCC(C)(O)CN. The Bertz CT molecular complexity index is 325. The van der Waals surface area contributed by atoms with Gasteiger partial charge in [0.2, 0.25) is 0 Å². The maximum absolute atomic E-state index is 9.74. The molecule has 0 aliphatic rings. The van der Waals surface area contributed by atoms with Crippen LogP contribution in [0.3, 0.4) is 0 Å². The van der Waals surface area contributed by atoms with Gasteiger partial charge in [-0.1, -0.05) is 24.3 Å². The minimum atomic E-state index is -0.710. The number of aryl methyl sites for hydroxylation is 1. The summed E-state index contributed by atoms with van der Waals surface area (Å²) in [4.78, 5) is 0. The van der Waals surface area contributed by atoms with Crippen LogP contribution in [0.15, 0.2) is 24.3 Å². The van der Waals surface area contributed by atoms with Gasteiger partial charge in [0.15, 0.2) is 0 Å². The van der Waals surface area contributed by atoms with Crippen LogP contribution in [0.4, 0.5) is 0 Å². The van der Waals surface area contributed by atoms with Gasteiger partial charge in [-0.3, -0.25) is 0 Å². The van der Waals surface area contributed by atoms with E-state index in [1.165, 1.54) is 11.1 Å². The Morgan fingerprint density at radius 1 is 1.38 bits per heavy atom. The molecule has 3 heteroatoms. The van der Waals surface area contributed by atoms with E-state index in [1.807, 2.05) is 11.8 Å². The van der Waals surface area contributed by atoms with E-state index in [-0.39, 0.29) is 0 Å². The zero-order chi connectivity index (χ0) is 12.0. The molecule has 1 unspecified atom stereocenters. The average molecular weight is 239 g/mol. The average Bonchev–Trinajstić information content (AvgIpc) is 2.27. The Morgan fingerprint density at radius 2 is 2.06 bits per heavy atom. The second kappa shape index (κ2) is 6.28. The van der Waals surface area contributed by atoms with E-state index in [1.54, 1.807) is 6.92 Å². The van der Waals surface area contributed by atoms with Crippen molar-refractivity contribution in [3.63, 3.8) is 0 Å². The number of thioether (sulfide) groups is 1. The molecule has 1 atom stereocenters. The van der Waals surface area contributed by atoms with Crippen LogP contribution in [0.5, 0.6) is 0 Å². The fraction of sp³-hybridized carbons (Fsp3) is 0.538. The first-order valence-electron chi connectivity index (χ1n) is 5.60. The van der Waals surface area contributed by atoms with Crippen molar-refractivity contribution in [2.75, 3.05) is 12.3 Å². The Kier molecular flexibility index (Phi) is 5.32. The highest BCUT2D eigenvalue weighted by atomic mass is 32.2. The van der Waals surface area contributed by atoms with Gasteiger partial charge in [-0.05, 0) is 37.1 Å². The highest BCUT2D eigenvalue weighted by Gasteiger charge is 2.16. The van der Waals surface area contributed by atoms with Crippen molar-refractivity contribution in [2.24, 2.45) is 5.73 Å². The molecule has 0 heterocycles. The summed E-state index contributed by atoms with van der Waals surface area (Å²) in [7, 11) is 0. The molecular weight excluding hydrogens is 218 g/mol. The third-order valence-electron chi connectivity index (χ3n) is 2.74. The van der Waals surface area contributed by atoms with Crippen LogP contribution in [0.1, 0.15) is 24.5 Å². The smallest absolute Gasteiger partial charge is 0.0749 e. The number of hydrogen-bond acceptors (Lipinski definition) is 3. The van der Waals surface area contributed by atoms with Gasteiger partial charge in [0.05, 0.1) is 5.60 Å². The number of hydrogen-bond donors (Lipinski definition) is 2.